The first-order chi connectivity index (χ1) is 16.8. The first-order valence-electron chi connectivity index (χ1n) is 11.5. The third kappa shape index (κ3) is 4.03. The van der Waals surface area contributed by atoms with Crippen LogP contribution in [0.2, 0.25) is 0 Å². The molecule has 0 aromatic carbocycles. The molecule has 0 saturated carbocycles. The third-order valence-corrected chi connectivity index (χ3v) is 6.41. The van der Waals surface area contributed by atoms with E-state index in [9.17, 15) is 14.7 Å². The molecule has 0 aliphatic carbocycles. The number of pyridine rings is 1. The van der Waals surface area contributed by atoms with Crippen molar-refractivity contribution in [1.29, 1.82) is 0 Å². The lowest BCUT2D eigenvalue weighted by Crippen LogP contribution is -2.42. The van der Waals surface area contributed by atoms with Gasteiger partial charge in [-0.1, -0.05) is 0 Å². The molecule has 1 amide bonds. The van der Waals surface area contributed by atoms with Gasteiger partial charge in [0.2, 0.25) is 0 Å². The number of nitrogen functional groups attached to an aromatic ring is 1. The quantitative estimate of drug-likeness (QED) is 0.417. The molecular weight excluding hydrogens is 448 g/mol. The molecule has 5 rings (SSSR count). The minimum Gasteiger partial charge on any atom is -0.384 e. The maximum absolute atomic E-state index is 12.6. The van der Waals surface area contributed by atoms with E-state index in [-0.39, 0.29) is 23.4 Å². The van der Waals surface area contributed by atoms with E-state index in [2.05, 4.69) is 15.2 Å². The number of nitrogens with zero attached hydrogens (tertiary/aromatic N) is 7. The molecule has 0 bridgehead atoms. The summed E-state index contributed by atoms with van der Waals surface area (Å²) in [6, 6.07) is 5.60. The lowest BCUT2D eigenvalue weighted by molar-refractivity contribution is -0.140. The zero-order valence-electron chi connectivity index (χ0n) is 19.5. The predicted octanol–water partition coefficient (Wildman–Crippen LogP) is 1.85. The summed E-state index contributed by atoms with van der Waals surface area (Å²) in [6.45, 7) is 3.89. The van der Waals surface area contributed by atoms with Crippen molar-refractivity contribution in [2.24, 2.45) is 0 Å². The number of Topliss-reactive ketones (excluding diaryl/α,β-unsaturated/α-hetero) is 1. The maximum atomic E-state index is 12.6. The number of carbonyl (C=O) groups excluding carboxylic acids is 2. The normalized spacial score (nSPS) is 15.5. The molecule has 1 aliphatic rings. The van der Waals surface area contributed by atoms with Gasteiger partial charge in [0, 0.05) is 48.7 Å². The summed E-state index contributed by atoms with van der Waals surface area (Å²) >= 11 is 0. The van der Waals surface area contributed by atoms with Gasteiger partial charge in [0.1, 0.15) is 11.9 Å². The van der Waals surface area contributed by atoms with Crippen LogP contribution in [-0.4, -0.2) is 70.3 Å². The fourth-order valence-corrected chi connectivity index (χ4v) is 4.62. The van der Waals surface area contributed by atoms with E-state index in [1.54, 1.807) is 28.2 Å². The van der Waals surface area contributed by atoms with Crippen LogP contribution in [0, 0.1) is 0 Å². The second kappa shape index (κ2) is 8.91. The van der Waals surface area contributed by atoms with Crippen molar-refractivity contribution in [3.05, 3.63) is 54.2 Å². The molecule has 0 unspecified atom stereocenters. The number of aliphatic hydroxyl groups excluding tert-OH is 1. The Kier molecular flexibility index (Phi) is 5.77. The molecule has 3 N–H and O–H groups in total. The Morgan fingerprint density at radius 2 is 1.94 bits per heavy atom. The van der Waals surface area contributed by atoms with Gasteiger partial charge in [-0.25, -0.2) is 14.6 Å². The monoisotopic (exact) mass is 474 g/mol. The highest BCUT2D eigenvalue weighted by Gasteiger charge is 2.31. The van der Waals surface area contributed by atoms with Crippen molar-refractivity contribution >= 4 is 23.2 Å². The second-order valence-corrected chi connectivity index (χ2v) is 8.74. The van der Waals surface area contributed by atoms with E-state index in [4.69, 9.17) is 10.7 Å². The van der Waals surface area contributed by atoms with Crippen LogP contribution in [-0.2, 0) is 4.79 Å². The predicted molar refractivity (Wildman–Crippen MR) is 128 cm³/mol. The number of likely N-dealkylation sites (tertiary alicyclic amines) is 1. The Morgan fingerprint density at radius 1 is 1.17 bits per heavy atom. The highest BCUT2D eigenvalue weighted by atomic mass is 16.3. The van der Waals surface area contributed by atoms with Crippen molar-refractivity contribution in [3.8, 4) is 16.9 Å². The number of carbonyl (C=O) groups is 2. The number of fused-ring (bicyclic) bond motifs is 1. The summed E-state index contributed by atoms with van der Waals surface area (Å²) in [5, 5.41) is 18.2. The number of piperidine rings is 1. The summed E-state index contributed by atoms with van der Waals surface area (Å²) < 4.78 is 3.16. The highest BCUT2D eigenvalue weighted by Crippen LogP contribution is 2.34. The van der Waals surface area contributed by atoms with Crippen molar-refractivity contribution in [2.75, 3.05) is 18.8 Å². The number of aliphatic hydroxyl groups is 1. The van der Waals surface area contributed by atoms with Crippen molar-refractivity contribution in [3.63, 3.8) is 0 Å². The van der Waals surface area contributed by atoms with Gasteiger partial charge < -0.3 is 15.7 Å². The van der Waals surface area contributed by atoms with Crippen LogP contribution < -0.4 is 5.73 Å². The lowest BCUT2D eigenvalue weighted by atomic mass is 9.89. The zero-order valence-corrected chi connectivity index (χ0v) is 19.5. The lowest BCUT2D eigenvalue weighted by Gasteiger charge is -2.33. The van der Waals surface area contributed by atoms with Crippen molar-refractivity contribution < 1.29 is 14.7 Å². The first kappa shape index (κ1) is 22.7. The van der Waals surface area contributed by atoms with Gasteiger partial charge in [0.05, 0.1) is 17.5 Å². The van der Waals surface area contributed by atoms with E-state index < -0.39 is 6.10 Å². The van der Waals surface area contributed by atoms with Crippen LogP contribution in [0.5, 0.6) is 0 Å². The highest BCUT2D eigenvalue weighted by molar-refractivity contribution is 6.00. The number of amides is 1. The Balaban J connectivity index is 1.53. The van der Waals surface area contributed by atoms with Gasteiger partial charge in [-0.05, 0) is 44.9 Å². The molecular formula is C24H26N8O3. The number of hydrogen-bond donors (Lipinski definition) is 2. The fraction of sp³-hybridized carbons (Fsp3) is 0.333. The average molecular weight is 475 g/mol. The topological polar surface area (TPSA) is 145 Å². The Labute approximate surface area is 201 Å². The van der Waals surface area contributed by atoms with E-state index in [0.717, 1.165) is 11.1 Å². The van der Waals surface area contributed by atoms with Gasteiger partial charge in [-0.2, -0.15) is 14.7 Å². The van der Waals surface area contributed by atoms with Crippen LogP contribution in [0.4, 0.5) is 5.82 Å². The minimum absolute atomic E-state index is 0.0534. The van der Waals surface area contributed by atoms with Crippen LogP contribution in [0.25, 0.3) is 22.6 Å². The van der Waals surface area contributed by atoms with Gasteiger partial charge in [0.25, 0.3) is 5.91 Å². The first-order valence-corrected chi connectivity index (χ1v) is 11.5. The van der Waals surface area contributed by atoms with E-state index in [1.807, 2.05) is 24.4 Å². The van der Waals surface area contributed by atoms with Crippen LogP contribution in [0.15, 0.2) is 43.0 Å². The molecule has 11 nitrogen and oxygen atoms in total. The Morgan fingerprint density at radius 3 is 2.54 bits per heavy atom. The van der Waals surface area contributed by atoms with Gasteiger partial charge in [0.15, 0.2) is 17.2 Å². The second-order valence-electron chi connectivity index (χ2n) is 8.74. The number of aromatic nitrogens is 6. The van der Waals surface area contributed by atoms with E-state index in [1.165, 1.54) is 18.4 Å². The standard InChI is InChI=1S/C24H26N8O3/c1-14(33)20-21(16-6-10-30(11-7-16)24(35)15(2)34)29-23-18(13-28-32(23)22(20)25)17-4-5-19(26-12-17)31-9-3-8-27-31/h3-5,8-9,12-13,15-16,34H,6-7,10-11,25H2,1-2H3/t15-/m1/s1. The Bertz CT molecular complexity index is 1380. The van der Waals surface area contributed by atoms with Gasteiger partial charge >= 0.3 is 0 Å². The molecule has 1 atom stereocenters. The van der Waals surface area contributed by atoms with Gasteiger partial charge in [-0.3, -0.25) is 9.59 Å². The third-order valence-electron chi connectivity index (χ3n) is 6.41. The number of anilines is 1. The molecule has 1 saturated heterocycles. The SMILES string of the molecule is CC(=O)c1c(C2CCN(C(=O)[C@@H](C)O)CC2)nc2c(-c3ccc(-n4cccn4)nc3)cnn2c1N. The average Bonchev–Trinajstić information content (AvgIpc) is 3.54. The van der Waals surface area contributed by atoms with E-state index in [0.29, 0.717) is 48.7 Å². The molecule has 0 radical (unpaired) electrons. The summed E-state index contributed by atoms with van der Waals surface area (Å²) in [5.41, 5.74) is 9.51. The molecule has 4 aromatic rings. The van der Waals surface area contributed by atoms with E-state index >= 15 is 0 Å². The number of hydrogen-bond acceptors (Lipinski definition) is 8. The largest absolute Gasteiger partial charge is 0.384 e. The summed E-state index contributed by atoms with van der Waals surface area (Å²) in [7, 11) is 0. The van der Waals surface area contributed by atoms with Crippen molar-refractivity contribution in [2.45, 2.75) is 38.7 Å². The van der Waals surface area contributed by atoms with Crippen LogP contribution >= 0.6 is 0 Å². The Hall–Kier alpha value is -4.12. The number of rotatable bonds is 5. The molecule has 1 fully saturated rings. The number of nitrogens with two attached hydrogens (primary N) is 1. The smallest absolute Gasteiger partial charge is 0.251 e. The zero-order chi connectivity index (χ0) is 24.7. The molecule has 1 aliphatic heterocycles. The van der Waals surface area contributed by atoms with Crippen LogP contribution in [0.1, 0.15) is 48.7 Å². The number of ketones is 1. The molecule has 5 heterocycles. The minimum atomic E-state index is -1.04. The maximum Gasteiger partial charge on any atom is 0.251 e. The summed E-state index contributed by atoms with van der Waals surface area (Å²) in [6.07, 6.45) is 7.09. The van der Waals surface area contributed by atoms with Crippen LogP contribution in [0.3, 0.4) is 0 Å². The molecule has 0 spiro atoms. The van der Waals surface area contributed by atoms with Crippen molar-refractivity contribution in [1.82, 2.24) is 34.3 Å². The molecule has 180 valence electrons. The summed E-state index contributed by atoms with van der Waals surface area (Å²) in [5.74, 6) is 0.398. The molecule has 4 aromatic heterocycles. The van der Waals surface area contributed by atoms with Gasteiger partial charge in [-0.15, -0.1) is 0 Å². The fourth-order valence-electron chi connectivity index (χ4n) is 4.62. The summed E-state index contributed by atoms with van der Waals surface area (Å²) in [4.78, 5) is 35.8. The molecule has 11 heteroatoms. The molecule has 35 heavy (non-hydrogen) atoms.